The molecule has 1 nitrogen and oxygen atoms in total. The Morgan fingerprint density at radius 1 is 1.20 bits per heavy atom. The molecular formula is H6BaCaCuOTl. The Bertz CT molecular complexity index is 20.5. The van der Waals surface area contributed by atoms with Crippen LogP contribution in [0, 0.1) is 0 Å². The first-order valence-electron chi connectivity index (χ1n) is 0. The first-order chi connectivity index (χ1) is 0. The van der Waals surface area contributed by atoms with Gasteiger partial charge in [0.15, 0.2) is 0 Å². The van der Waals surface area contributed by atoms with Crippen molar-refractivity contribution in [2.75, 3.05) is 0 Å². The van der Waals surface area contributed by atoms with Crippen molar-refractivity contribution in [2.24, 2.45) is 0 Å². The van der Waals surface area contributed by atoms with Crippen LogP contribution in [0.4, 0.5) is 0 Å². The van der Waals surface area contributed by atoms with E-state index >= 15 is 0 Å². The Hall–Kier alpha value is 4.23. The molecule has 0 aliphatic carbocycles. The molecule has 0 heterocycles. The fraction of sp³-hybridized carbons (Fsp3) is 0. The van der Waals surface area contributed by atoms with Crippen molar-refractivity contribution in [1.29, 1.82) is 0 Å². The van der Waals surface area contributed by atoms with Crippen LogP contribution >= 0.6 is 0 Å². The van der Waals surface area contributed by atoms with E-state index in [9.17, 15) is 0 Å². The molecular weight excluding hydrogens is 461 g/mol. The molecule has 0 rings (SSSR count). The van der Waals surface area contributed by atoms with E-state index in [4.69, 9.17) is 0 Å². The molecule has 2 N–H and O–H groups in total. The molecule has 5 heavy (non-hydrogen) atoms. The third kappa shape index (κ3) is 17.9. The topological polar surface area (TPSA) is 31.5 Å². The van der Waals surface area contributed by atoms with Gasteiger partial charge in [-0.3, -0.25) is 0 Å². The molecule has 0 aromatic carbocycles. The van der Waals surface area contributed by atoms with Crippen LogP contribution in [0.25, 0.3) is 0 Å². The zero-order valence-corrected chi connectivity index (χ0v) is 14.9. The van der Waals surface area contributed by atoms with Gasteiger partial charge >= 0.3 is 86.6 Å². The first-order valence-corrected chi connectivity index (χ1v) is 0. The maximum absolute atomic E-state index is 0. The maximum atomic E-state index is 0. The van der Waals surface area contributed by atoms with Gasteiger partial charge in [0.2, 0.25) is 0 Å². The maximum Gasteiger partial charge on any atom is 2.00 e. The fourth-order valence-corrected chi connectivity index (χ4v) is 0. The van der Waals surface area contributed by atoms with Crippen LogP contribution in [0.2, 0.25) is 0 Å². The Kier molecular flexibility index (Phi) is 168. The molecule has 0 saturated carbocycles. The summed E-state index contributed by atoms with van der Waals surface area (Å²) < 4.78 is 0. The molecule has 0 spiro atoms. The Labute approximate surface area is 138 Å². The number of rotatable bonds is 0. The molecule has 0 atom stereocenters. The minimum Gasteiger partial charge on any atom is -1.00 e. The zero-order valence-electron chi connectivity index (χ0n) is 6.79. The molecule has 0 fully saturated rings. The van der Waals surface area contributed by atoms with Gasteiger partial charge in [-0.05, 0) is 0 Å². The van der Waals surface area contributed by atoms with Crippen LogP contribution in [-0.2, 0) is 17.1 Å². The second-order valence-electron chi connectivity index (χ2n) is 0. The molecule has 0 aromatic heterocycles. The van der Waals surface area contributed by atoms with Gasteiger partial charge in [-0.1, -0.05) is 0 Å². The van der Waals surface area contributed by atoms with Gasteiger partial charge in [-0.15, -0.1) is 0 Å². The van der Waals surface area contributed by atoms with E-state index in [1.807, 2.05) is 0 Å². The van der Waals surface area contributed by atoms with Crippen molar-refractivity contribution in [3.63, 3.8) is 0 Å². The first kappa shape index (κ1) is 34.9. The normalized spacial score (nSPS) is 0. The van der Waals surface area contributed by atoms with Crippen LogP contribution < -0.4 is 0 Å². The van der Waals surface area contributed by atoms with E-state index in [0.717, 1.165) is 0 Å². The van der Waals surface area contributed by atoms with Gasteiger partial charge < -0.3 is 11.2 Å². The molecule has 0 saturated heterocycles. The third-order valence-corrected chi connectivity index (χ3v) is 0. The summed E-state index contributed by atoms with van der Waals surface area (Å²) >= 11 is 0. The largest absolute Gasteiger partial charge is 2.00 e. The van der Waals surface area contributed by atoms with E-state index < -0.39 is 0 Å². The van der Waals surface area contributed by atoms with Gasteiger partial charge in [0.25, 0.3) is 0 Å². The number of hydrogen-bond acceptors (Lipinski definition) is 0. The summed E-state index contributed by atoms with van der Waals surface area (Å²) in [6.45, 7) is 0. The van der Waals surface area contributed by atoms with Crippen LogP contribution in [0.15, 0.2) is 0 Å². The van der Waals surface area contributed by atoms with Crippen LogP contribution in [0.5, 0.6) is 0 Å². The second kappa shape index (κ2) is 24.0. The minimum atomic E-state index is 0. The van der Waals surface area contributed by atoms with E-state index in [1.165, 1.54) is 0 Å². The van der Waals surface area contributed by atoms with E-state index in [2.05, 4.69) is 0 Å². The monoisotopic (exact) mass is 468 g/mol. The van der Waals surface area contributed by atoms with Crippen LogP contribution in [-0.4, -0.2) is 119 Å². The summed E-state index contributed by atoms with van der Waals surface area (Å²) in [4.78, 5) is 0. The van der Waals surface area contributed by atoms with Crippen molar-refractivity contribution in [1.82, 2.24) is 0 Å². The summed E-state index contributed by atoms with van der Waals surface area (Å²) in [7, 11) is 0. The van der Waals surface area contributed by atoms with E-state index in [0.29, 0.717) is 0 Å². The second-order valence-corrected chi connectivity index (χ2v) is 0. The van der Waals surface area contributed by atoms with Gasteiger partial charge in [0, 0.05) is 44.4 Å². The van der Waals surface area contributed by atoms with Gasteiger partial charge in [-0.25, -0.2) is 0 Å². The average molecular weight is 467 g/mol. The molecule has 5 heteroatoms. The molecule has 0 bridgehead atoms. The Balaban J connectivity index is 0. The van der Waals surface area contributed by atoms with Crippen LogP contribution in [0.1, 0.15) is 5.71 Å². The van der Waals surface area contributed by atoms with Crippen LogP contribution in [0.3, 0.4) is 0 Å². The predicted octanol–water partition coefficient (Wildman–Crippen LogP) is -1.52. The van der Waals surface area contributed by atoms with E-state index in [-0.39, 0.29) is 142 Å². The van der Waals surface area contributed by atoms with Crippen molar-refractivity contribution in [2.45, 2.75) is 0 Å². The Morgan fingerprint density at radius 3 is 1.20 bits per heavy atom. The smallest absolute Gasteiger partial charge is 1.00 e. The van der Waals surface area contributed by atoms with Crippen molar-refractivity contribution < 1.29 is 28.3 Å². The standard InChI is InChI=1S/Ba.Ca.Cu.H2O.Tl.4H/h;;;1H2;;;;;/q2*+2;;;;4*-1. The van der Waals surface area contributed by atoms with Crippen molar-refractivity contribution >= 4 is 114 Å². The summed E-state index contributed by atoms with van der Waals surface area (Å²) in [6, 6.07) is 0. The molecule has 0 unspecified atom stereocenters. The summed E-state index contributed by atoms with van der Waals surface area (Å²) in [5.74, 6) is 0. The van der Waals surface area contributed by atoms with Crippen molar-refractivity contribution in [3.8, 4) is 0 Å². The Morgan fingerprint density at radius 2 is 1.20 bits per heavy atom. The minimum absolute atomic E-state index is 0. The summed E-state index contributed by atoms with van der Waals surface area (Å²) in [6.07, 6.45) is 0. The molecule has 0 aliphatic rings. The third-order valence-electron chi connectivity index (χ3n) is 0. The molecule has 0 amide bonds. The van der Waals surface area contributed by atoms with Gasteiger partial charge in [0.1, 0.15) is 0 Å². The average Bonchev–Trinajstić information content (AvgIpc) is 0. The fourth-order valence-electron chi connectivity index (χ4n) is 0. The quantitative estimate of drug-likeness (QED) is 0.388. The summed E-state index contributed by atoms with van der Waals surface area (Å²) in [5.41, 5.74) is 0. The predicted molar refractivity (Wildman–Crippen MR) is 25.3 cm³/mol. The number of hydrogen-bond donors (Lipinski definition) is 0. The molecule has 30 valence electrons. The molecule has 0 aliphatic heterocycles. The molecule has 0 aromatic rings. The van der Waals surface area contributed by atoms with E-state index in [1.54, 1.807) is 0 Å². The summed E-state index contributed by atoms with van der Waals surface area (Å²) in [5, 5.41) is 0. The zero-order chi connectivity index (χ0) is 0. The van der Waals surface area contributed by atoms with Gasteiger partial charge in [-0.2, -0.15) is 0 Å². The SMILES string of the molecule is O.[Ba+2].[Ca+2].[Cu].[H-].[H-].[H-].[H-].[Tl]. The molecule has 2 radical (unpaired) electrons. The van der Waals surface area contributed by atoms with Crippen molar-refractivity contribution in [3.05, 3.63) is 0 Å². The van der Waals surface area contributed by atoms with Gasteiger partial charge in [0.05, 0.1) is 0 Å².